The van der Waals surface area contributed by atoms with Crippen molar-refractivity contribution in [3.63, 3.8) is 0 Å². The van der Waals surface area contributed by atoms with Gasteiger partial charge in [0.1, 0.15) is 5.82 Å². The van der Waals surface area contributed by atoms with Crippen molar-refractivity contribution in [2.75, 3.05) is 18.0 Å². The molecule has 0 spiro atoms. The van der Waals surface area contributed by atoms with Crippen LogP contribution in [0.15, 0.2) is 48.5 Å². The van der Waals surface area contributed by atoms with E-state index < -0.39 is 23.5 Å². The number of anilines is 1. The van der Waals surface area contributed by atoms with Gasteiger partial charge < -0.3 is 10.2 Å². The molecule has 26 heavy (non-hydrogen) atoms. The van der Waals surface area contributed by atoms with Crippen LogP contribution in [0.25, 0.3) is 0 Å². The lowest BCUT2D eigenvalue weighted by molar-refractivity contribution is -0.137. The quantitative estimate of drug-likeness (QED) is 0.820. The fourth-order valence-corrected chi connectivity index (χ4v) is 2.28. The molecule has 0 saturated carbocycles. The Kier molecular flexibility index (Phi) is 5.97. The summed E-state index contributed by atoms with van der Waals surface area (Å²) < 4.78 is 50.5. The Morgan fingerprint density at radius 2 is 1.58 bits per heavy atom. The molecule has 0 aliphatic rings. The van der Waals surface area contributed by atoms with Crippen molar-refractivity contribution in [3.8, 4) is 0 Å². The Labute approximate surface area is 147 Å². The number of benzene rings is 2. The third-order valence-electron chi connectivity index (χ3n) is 3.61. The monoisotopic (exact) mass is 368 g/mol. The SMILES string of the molecule is CC(=O)N(CCNC(=O)c1ccc(C(F)(F)F)cc1)c1ccc(F)cc1. The van der Waals surface area contributed by atoms with E-state index in [2.05, 4.69) is 5.32 Å². The van der Waals surface area contributed by atoms with E-state index in [9.17, 15) is 27.2 Å². The molecule has 138 valence electrons. The summed E-state index contributed by atoms with van der Waals surface area (Å²) in [6.45, 7) is 1.55. The van der Waals surface area contributed by atoms with Crippen molar-refractivity contribution in [2.24, 2.45) is 0 Å². The molecule has 8 heteroatoms. The number of hydrogen-bond acceptors (Lipinski definition) is 2. The fourth-order valence-electron chi connectivity index (χ4n) is 2.28. The number of carbonyl (C=O) groups is 2. The van der Waals surface area contributed by atoms with Crippen molar-refractivity contribution >= 4 is 17.5 Å². The Bertz CT molecular complexity index is 771. The average Bonchev–Trinajstić information content (AvgIpc) is 2.58. The summed E-state index contributed by atoms with van der Waals surface area (Å²) in [5, 5.41) is 2.54. The number of amides is 2. The van der Waals surface area contributed by atoms with E-state index in [0.29, 0.717) is 5.69 Å². The molecule has 4 nitrogen and oxygen atoms in total. The van der Waals surface area contributed by atoms with Crippen LogP contribution in [-0.4, -0.2) is 24.9 Å². The van der Waals surface area contributed by atoms with Crippen molar-refractivity contribution in [3.05, 3.63) is 65.5 Å². The van der Waals surface area contributed by atoms with Crippen LogP contribution in [0.2, 0.25) is 0 Å². The minimum Gasteiger partial charge on any atom is -0.350 e. The highest BCUT2D eigenvalue weighted by Gasteiger charge is 2.30. The van der Waals surface area contributed by atoms with Gasteiger partial charge in [-0.15, -0.1) is 0 Å². The summed E-state index contributed by atoms with van der Waals surface area (Å²) in [5.41, 5.74) is -0.287. The molecule has 0 radical (unpaired) electrons. The van der Waals surface area contributed by atoms with Crippen LogP contribution in [0, 0.1) is 5.82 Å². The molecule has 0 unspecified atom stereocenters. The van der Waals surface area contributed by atoms with Gasteiger partial charge in [0.05, 0.1) is 5.56 Å². The third kappa shape index (κ3) is 5.05. The molecule has 0 aliphatic carbocycles. The molecule has 2 aromatic rings. The largest absolute Gasteiger partial charge is 0.416 e. The lowest BCUT2D eigenvalue weighted by Gasteiger charge is -2.21. The van der Waals surface area contributed by atoms with Gasteiger partial charge in [0.15, 0.2) is 0 Å². The summed E-state index contributed by atoms with van der Waals surface area (Å²) in [5.74, 6) is -1.28. The highest BCUT2D eigenvalue weighted by molar-refractivity contribution is 5.94. The normalized spacial score (nSPS) is 11.1. The third-order valence-corrected chi connectivity index (χ3v) is 3.61. The Morgan fingerprint density at radius 1 is 1.00 bits per heavy atom. The summed E-state index contributed by atoms with van der Waals surface area (Å²) in [6.07, 6.45) is -4.47. The van der Waals surface area contributed by atoms with E-state index in [1.54, 1.807) is 0 Å². The second-order valence-electron chi connectivity index (χ2n) is 5.48. The van der Waals surface area contributed by atoms with Gasteiger partial charge in [0.2, 0.25) is 5.91 Å². The van der Waals surface area contributed by atoms with E-state index >= 15 is 0 Å². The number of nitrogens with one attached hydrogen (secondary N) is 1. The van der Waals surface area contributed by atoms with E-state index in [0.717, 1.165) is 24.3 Å². The number of rotatable bonds is 5. The first-order valence-electron chi connectivity index (χ1n) is 7.67. The molecule has 0 atom stereocenters. The molecule has 0 aliphatic heterocycles. The van der Waals surface area contributed by atoms with Gasteiger partial charge in [0, 0.05) is 31.3 Å². The lowest BCUT2D eigenvalue weighted by Crippen LogP contribution is -2.37. The van der Waals surface area contributed by atoms with Gasteiger partial charge in [-0.25, -0.2) is 4.39 Å². The minimum atomic E-state index is -4.47. The van der Waals surface area contributed by atoms with Crippen LogP contribution in [0.1, 0.15) is 22.8 Å². The molecule has 0 saturated heterocycles. The van der Waals surface area contributed by atoms with Crippen LogP contribution >= 0.6 is 0 Å². The maximum absolute atomic E-state index is 13.0. The molecular weight excluding hydrogens is 352 g/mol. The fraction of sp³-hybridized carbons (Fsp3) is 0.222. The lowest BCUT2D eigenvalue weighted by atomic mass is 10.1. The number of alkyl halides is 3. The number of halogens is 4. The van der Waals surface area contributed by atoms with Gasteiger partial charge in [-0.1, -0.05) is 0 Å². The van der Waals surface area contributed by atoms with Crippen LogP contribution in [0.4, 0.5) is 23.2 Å². The first kappa shape index (κ1) is 19.4. The first-order chi connectivity index (χ1) is 12.2. The van der Waals surface area contributed by atoms with Crippen molar-refractivity contribution in [1.82, 2.24) is 5.32 Å². The van der Waals surface area contributed by atoms with E-state index in [4.69, 9.17) is 0 Å². The zero-order valence-corrected chi connectivity index (χ0v) is 13.8. The molecule has 1 N–H and O–H groups in total. The molecule has 0 bridgehead atoms. The Balaban J connectivity index is 1.95. The molecule has 0 heterocycles. The minimum absolute atomic E-state index is 0.0779. The number of nitrogens with zero attached hydrogens (tertiary/aromatic N) is 1. The highest BCUT2D eigenvalue weighted by atomic mass is 19.4. The standard InChI is InChI=1S/C18H16F4N2O2/c1-12(25)24(16-8-6-15(19)7-9-16)11-10-23-17(26)13-2-4-14(5-3-13)18(20,21)22/h2-9H,10-11H2,1H3,(H,23,26). The van der Waals surface area contributed by atoms with Gasteiger partial charge in [0.25, 0.3) is 5.91 Å². The average molecular weight is 368 g/mol. The van der Waals surface area contributed by atoms with Crippen LogP contribution < -0.4 is 10.2 Å². The van der Waals surface area contributed by atoms with Gasteiger partial charge >= 0.3 is 6.18 Å². The van der Waals surface area contributed by atoms with Gasteiger partial charge in [-0.05, 0) is 48.5 Å². The smallest absolute Gasteiger partial charge is 0.350 e. The van der Waals surface area contributed by atoms with Crippen LogP contribution in [0.5, 0.6) is 0 Å². The predicted octanol–water partition coefficient (Wildman–Crippen LogP) is 3.63. The van der Waals surface area contributed by atoms with Crippen molar-refractivity contribution < 1.29 is 27.2 Å². The highest BCUT2D eigenvalue weighted by Crippen LogP contribution is 2.29. The maximum atomic E-state index is 13.0. The predicted molar refractivity (Wildman–Crippen MR) is 88.2 cm³/mol. The van der Waals surface area contributed by atoms with Crippen molar-refractivity contribution in [2.45, 2.75) is 13.1 Å². The second-order valence-corrected chi connectivity index (χ2v) is 5.48. The van der Waals surface area contributed by atoms with Crippen molar-refractivity contribution in [1.29, 1.82) is 0 Å². The molecule has 0 fully saturated rings. The molecule has 2 rings (SSSR count). The van der Waals surface area contributed by atoms with E-state index in [1.165, 1.54) is 36.1 Å². The Morgan fingerprint density at radius 3 is 2.08 bits per heavy atom. The summed E-state index contributed by atoms with van der Waals surface area (Å²) >= 11 is 0. The summed E-state index contributed by atoms with van der Waals surface area (Å²) in [4.78, 5) is 25.1. The summed E-state index contributed by atoms with van der Waals surface area (Å²) in [7, 11) is 0. The zero-order valence-electron chi connectivity index (χ0n) is 13.8. The van der Waals surface area contributed by atoms with E-state index in [1.807, 2.05) is 0 Å². The second kappa shape index (κ2) is 7.99. The van der Waals surface area contributed by atoms with Crippen LogP contribution in [0.3, 0.4) is 0 Å². The topological polar surface area (TPSA) is 49.4 Å². The number of hydrogen-bond donors (Lipinski definition) is 1. The Hall–Kier alpha value is -2.90. The summed E-state index contributed by atoms with van der Waals surface area (Å²) in [6, 6.07) is 9.13. The number of carbonyl (C=O) groups excluding carboxylic acids is 2. The van der Waals surface area contributed by atoms with Gasteiger partial charge in [-0.2, -0.15) is 13.2 Å². The zero-order chi connectivity index (χ0) is 19.3. The van der Waals surface area contributed by atoms with Crippen LogP contribution in [-0.2, 0) is 11.0 Å². The molecule has 2 aromatic carbocycles. The maximum Gasteiger partial charge on any atom is 0.416 e. The first-order valence-corrected chi connectivity index (χ1v) is 7.67. The molecule has 2 amide bonds. The molecule has 0 aromatic heterocycles. The molecular formula is C18H16F4N2O2. The van der Waals surface area contributed by atoms with Gasteiger partial charge in [-0.3, -0.25) is 9.59 Å². The van der Waals surface area contributed by atoms with E-state index in [-0.39, 0.29) is 24.6 Å².